The second kappa shape index (κ2) is 7.73. The summed E-state index contributed by atoms with van der Waals surface area (Å²) in [5, 5.41) is 0. The van der Waals surface area contributed by atoms with Crippen molar-refractivity contribution in [3.05, 3.63) is 70.7 Å². The van der Waals surface area contributed by atoms with Crippen LogP contribution in [0.5, 0.6) is 11.5 Å². The molecular weight excluding hydrogens is 371 g/mol. The minimum Gasteiger partial charge on any atom is -0.460 e. The number of benzene rings is 2. The molecule has 0 radical (unpaired) electrons. The summed E-state index contributed by atoms with van der Waals surface area (Å²) in [4.78, 5) is 12.5. The van der Waals surface area contributed by atoms with E-state index < -0.39 is 0 Å². The Morgan fingerprint density at radius 2 is 1.73 bits per heavy atom. The Hall–Kier alpha value is -1.97. The van der Waals surface area contributed by atoms with Gasteiger partial charge in [-0.25, -0.2) is 0 Å². The van der Waals surface area contributed by atoms with Gasteiger partial charge in [0, 0.05) is 5.56 Å². The molecule has 0 heterocycles. The maximum absolute atomic E-state index is 12.5. The zero-order valence-corrected chi connectivity index (χ0v) is 16.1. The second-order valence-electron chi connectivity index (χ2n) is 6.91. The number of carbonyl (C=O) groups is 1. The van der Waals surface area contributed by atoms with Crippen LogP contribution >= 0.6 is 23.2 Å². The summed E-state index contributed by atoms with van der Waals surface area (Å²) >= 11 is 11.5. The summed E-state index contributed by atoms with van der Waals surface area (Å²) in [5.41, 5.74) is 0.609. The van der Waals surface area contributed by atoms with E-state index in [1.807, 2.05) is 68.4 Å². The summed E-state index contributed by atoms with van der Waals surface area (Å²) in [6.45, 7) is 4.16. The van der Waals surface area contributed by atoms with Crippen molar-refractivity contribution in [1.29, 1.82) is 0 Å². The van der Waals surface area contributed by atoms with E-state index in [1.54, 1.807) is 6.08 Å². The third-order valence-electron chi connectivity index (χ3n) is 4.78. The van der Waals surface area contributed by atoms with Crippen molar-refractivity contribution in [3.8, 4) is 11.5 Å². The van der Waals surface area contributed by atoms with Crippen LogP contribution in [-0.2, 0) is 16.1 Å². The fraction of sp³-hybridized carbons (Fsp3) is 0.286. The van der Waals surface area contributed by atoms with E-state index >= 15 is 0 Å². The molecule has 0 aromatic heterocycles. The van der Waals surface area contributed by atoms with Crippen LogP contribution in [-0.4, -0.2) is 5.97 Å². The fourth-order valence-corrected chi connectivity index (χ4v) is 3.42. The molecule has 0 bridgehead atoms. The average molecular weight is 391 g/mol. The summed E-state index contributed by atoms with van der Waals surface area (Å²) in [5.74, 6) is 0.909. The van der Waals surface area contributed by atoms with Crippen molar-refractivity contribution in [2.24, 2.45) is 17.3 Å². The SMILES string of the molecule is CC1(C)[C@H](C(=O)OCc2ccccc2Oc2ccccc2)[C@@H]1C=C(Cl)Cl. The Morgan fingerprint density at radius 3 is 2.42 bits per heavy atom. The Bertz CT molecular complexity index is 811. The third kappa shape index (κ3) is 4.22. The number of hydrogen-bond acceptors (Lipinski definition) is 3. The van der Waals surface area contributed by atoms with Gasteiger partial charge in [0.2, 0.25) is 0 Å². The molecule has 2 atom stereocenters. The van der Waals surface area contributed by atoms with E-state index in [0.717, 1.165) is 11.3 Å². The van der Waals surface area contributed by atoms with Crippen LogP contribution in [0, 0.1) is 17.3 Å². The van der Waals surface area contributed by atoms with Gasteiger partial charge in [0.25, 0.3) is 0 Å². The number of halogens is 2. The lowest BCUT2D eigenvalue weighted by atomic mass is 10.1. The first kappa shape index (κ1) is 18.8. The predicted octanol–water partition coefficient (Wildman–Crippen LogP) is 6.11. The lowest BCUT2D eigenvalue weighted by Gasteiger charge is -2.12. The summed E-state index contributed by atoms with van der Waals surface area (Å²) < 4.78 is 11.6. The van der Waals surface area contributed by atoms with Crippen molar-refractivity contribution in [2.75, 3.05) is 0 Å². The van der Waals surface area contributed by atoms with E-state index in [0.29, 0.717) is 5.75 Å². The number of ether oxygens (including phenoxy) is 2. The van der Waals surface area contributed by atoms with E-state index in [9.17, 15) is 4.79 Å². The van der Waals surface area contributed by atoms with Crippen molar-refractivity contribution in [2.45, 2.75) is 20.5 Å². The number of carbonyl (C=O) groups excluding carboxylic acids is 1. The molecule has 1 aliphatic carbocycles. The molecule has 0 unspecified atom stereocenters. The molecule has 0 saturated heterocycles. The molecular formula is C21H20Cl2O3. The summed E-state index contributed by atoms with van der Waals surface area (Å²) in [6.07, 6.45) is 1.71. The molecule has 3 rings (SSSR count). The third-order valence-corrected chi connectivity index (χ3v) is 5.04. The zero-order valence-electron chi connectivity index (χ0n) is 14.6. The topological polar surface area (TPSA) is 35.5 Å². The van der Waals surface area contributed by atoms with Crippen LogP contribution < -0.4 is 4.74 Å². The Labute approximate surface area is 163 Å². The smallest absolute Gasteiger partial charge is 0.310 e. The molecule has 0 spiro atoms. The predicted molar refractivity (Wildman–Crippen MR) is 103 cm³/mol. The Morgan fingerprint density at radius 1 is 1.08 bits per heavy atom. The Balaban J connectivity index is 1.65. The lowest BCUT2D eigenvalue weighted by Crippen LogP contribution is -2.11. The normalized spacial score (nSPS) is 20.2. The summed E-state index contributed by atoms with van der Waals surface area (Å²) in [6, 6.07) is 17.0. The molecule has 5 heteroatoms. The minimum absolute atomic E-state index is 0.00388. The highest BCUT2D eigenvalue weighted by Gasteiger charge is 2.61. The number of esters is 1. The fourth-order valence-electron chi connectivity index (χ4n) is 3.15. The van der Waals surface area contributed by atoms with Gasteiger partial charge in [-0.2, -0.15) is 0 Å². The number of allylic oxidation sites excluding steroid dienone is 1. The highest BCUT2D eigenvalue weighted by Crippen LogP contribution is 2.60. The molecule has 0 aliphatic heterocycles. The number of para-hydroxylation sites is 2. The molecule has 1 aliphatic rings. The summed E-state index contributed by atoms with van der Waals surface area (Å²) in [7, 11) is 0. The van der Waals surface area contributed by atoms with Crippen LogP contribution in [0.1, 0.15) is 19.4 Å². The zero-order chi connectivity index (χ0) is 18.7. The first-order valence-electron chi connectivity index (χ1n) is 8.40. The molecule has 136 valence electrons. The van der Waals surface area contributed by atoms with Gasteiger partial charge in [0.05, 0.1) is 5.92 Å². The van der Waals surface area contributed by atoms with Gasteiger partial charge in [-0.3, -0.25) is 4.79 Å². The number of rotatable bonds is 6. The second-order valence-corrected chi connectivity index (χ2v) is 7.92. The van der Waals surface area contributed by atoms with Gasteiger partial charge in [-0.05, 0) is 35.6 Å². The van der Waals surface area contributed by atoms with Crippen LogP contribution in [0.15, 0.2) is 65.2 Å². The van der Waals surface area contributed by atoms with Gasteiger partial charge in [0.15, 0.2) is 0 Å². The molecule has 3 nitrogen and oxygen atoms in total. The van der Waals surface area contributed by atoms with Gasteiger partial charge in [-0.1, -0.05) is 73.4 Å². The van der Waals surface area contributed by atoms with Gasteiger partial charge in [0.1, 0.15) is 22.6 Å². The van der Waals surface area contributed by atoms with Gasteiger partial charge < -0.3 is 9.47 Å². The largest absolute Gasteiger partial charge is 0.460 e. The molecule has 0 amide bonds. The van der Waals surface area contributed by atoms with Crippen molar-refractivity contribution in [1.82, 2.24) is 0 Å². The van der Waals surface area contributed by atoms with E-state index in [-0.39, 0.29) is 34.3 Å². The van der Waals surface area contributed by atoms with Crippen LogP contribution in [0.4, 0.5) is 0 Å². The quantitative estimate of drug-likeness (QED) is 0.557. The lowest BCUT2D eigenvalue weighted by molar-refractivity contribution is -0.147. The average Bonchev–Trinajstić information content (AvgIpc) is 3.14. The molecule has 2 aromatic rings. The highest BCUT2D eigenvalue weighted by atomic mass is 35.5. The monoisotopic (exact) mass is 390 g/mol. The van der Waals surface area contributed by atoms with E-state index in [4.69, 9.17) is 32.7 Å². The van der Waals surface area contributed by atoms with Gasteiger partial charge in [-0.15, -0.1) is 0 Å². The minimum atomic E-state index is -0.250. The van der Waals surface area contributed by atoms with Crippen molar-refractivity contribution < 1.29 is 14.3 Å². The maximum Gasteiger partial charge on any atom is 0.310 e. The van der Waals surface area contributed by atoms with Gasteiger partial charge >= 0.3 is 5.97 Å². The highest BCUT2D eigenvalue weighted by molar-refractivity contribution is 6.55. The first-order chi connectivity index (χ1) is 12.4. The van der Waals surface area contributed by atoms with Crippen LogP contribution in [0.2, 0.25) is 0 Å². The molecule has 1 saturated carbocycles. The van der Waals surface area contributed by atoms with E-state index in [1.165, 1.54) is 0 Å². The Kier molecular flexibility index (Phi) is 5.59. The van der Waals surface area contributed by atoms with Crippen molar-refractivity contribution >= 4 is 29.2 Å². The van der Waals surface area contributed by atoms with Crippen molar-refractivity contribution in [3.63, 3.8) is 0 Å². The molecule has 26 heavy (non-hydrogen) atoms. The van der Waals surface area contributed by atoms with Crippen LogP contribution in [0.3, 0.4) is 0 Å². The van der Waals surface area contributed by atoms with E-state index in [2.05, 4.69) is 0 Å². The maximum atomic E-state index is 12.5. The molecule has 0 N–H and O–H groups in total. The standard InChI is InChI=1S/C21H20Cl2O3/c1-21(2)16(12-18(22)23)19(21)20(24)25-13-14-8-6-7-11-17(14)26-15-9-4-3-5-10-15/h3-12,16,19H,13H2,1-2H3/t16-,19-/m0/s1. The first-order valence-corrected chi connectivity index (χ1v) is 9.15. The van der Waals surface area contributed by atoms with Crippen LogP contribution in [0.25, 0.3) is 0 Å². The number of hydrogen-bond donors (Lipinski definition) is 0. The molecule has 1 fully saturated rings. The molecule has 2 aromatic carbocycles.